The fourth-order valence-electron chi connectivity index (χ4n) is 2.62. The minimum absolute atomic E-state index is 0.0222. The van der Waals surface area contributed by atoms with Gasteiger partial charge < -0.3 is 4.90 Å². The maximum atomic E-state index is 14.3. The summed E-state index contributed by atoms with van der Waals surface area (Å²) in [6, 6.07) is 6.65. The Morgan fingerprint density at radius 2 is 2.14 bits per heavy atom. The first-order chi connectivity index (χ1) is 10.1. The van der Waals surface area contributed by atoms with Gasteiger partial charge in [-0.1, -0.05) is 17.7 Å². The molecule has 2 aromatic rings. The lowest BCUT2D eigenvalue weighted by Gasteiger charge is -2.17. The van der Waals surface area contributed by atoms with Crippen molar-refractivity contribution in [3.63, 3.8) is 0 Å². The second-order valence-electron chi connectivity index (χ2n) is 5.14. The molecule has 0 saturated carbocycles. The quantitative estimate of drug-likeness (QED) is 0.786. The Kier molecular flexibility index (Phi) is 3.64. The third-order valence-corrected chi connectivity index (χ3v) is 3.91. The molecule has 1 aromatic heterocycles. The van der Waals surface area contributed by atoms with Gasteiger partial charge in [0.15, 0.2) is 0 Å². The van der Waals surface area contributed by atoms with E-state index in [9.17, 15) is 9.18 Å². The Bertz CT molecular complexity index is 717. The molecule has 0 bridgehead atoms. The normalized spacial score (nSPS) is 14.8. The Balaban J connectivity index is 1.99. The molecule has 0 aliphatic carbocycles. The molecule has 1 fully saturated rings. The van der Waals surface area contributed by atoms with Crippen LogP contribution in [0.3, 0.4) is 0 Å². The van der Waals surface area contributed by atoms with Gasteiger partial charge in [0.05, 0.1) is 5.69 Å². The second kappa shape index (κ2) is 5.45. The lowest BCUT2D eigenvalue weighted by molar-refractivity contribution is -0.117. The first kappa shape index (κ1) is 14.0. The van der Waals surface area contributed by atoms with Crippen molar-refractivity contribution in [2.24, 2.45) is 0 Å². The average molecular weight is 305 g/mol. The van der Waals surface area contributed by atoms with Gasteiger partial charge in [0.2, 0.25) is 5.91 Å². The van der Waals surface area contributed by atoms with E-state index in [-0.39, 0.29) is 5.91 Å². The molecule has 1 aliphatic rings. The van der Waals surface area contributed by atoms with E-state index in [1.807, 2.05) is 13.0 Å². The van der Waals surface area contributed by atoms with E-state index >= 15 is 0 Å². The highest BCUT2D eigenvalue weighted by molar-refractivity contribution is 6.29. The first-order valence-electron chi connectivity index (χ1n) is 6.78. The van der Waals surface area contributed by atoms with Crippen LogP contribution in [-0.2, 0) is 4.79 Å². The number of benzene rings is 1. The summed E-state index contributed by atoms with van der Waals surface area (Å²) < 4.78 is 14.3. The molecule has 1 aliphatic heterocycles. The van der Waals surface area contributed by atoms with E-state index in [0.29, 0.717) is 23.8 Å². The molecule has 21 heavy (non-hydrogen) atoms. The van der Waals surface area contributed by atoms with Crippen LogP contribution in [0.15, 0.2) is 30.5 Å². The third-order valence-electron chi connectivity index (χ3n) is 3.70. The van der Waals surface area contributed by atoms with E-state index in [1.165, 1.54) is 11.0 Å². The summed E-state index contributed by atoms with van der Waals surface area (Å²) >= 11 is 5.83. The zero-order valence-electron chi connectivity index (χ0n) is 11.6. The van der Waals surface area contributed by atoms with Gasteiger partial charge in [-0.25, -0.2) is 9.37 Å². The molecule has 0 atom stereocenters. The molecular formula is C16H14ClFN2O. The Morgan fingerprint density at radius 3 is 2.76 bits per heavy atom. The summed E-state index contributed by atoms with van der Waals surface area (Å²) in [5.74, 6) is -0.414. The Hall–Kier alpha value is -1.94. The molecule has 0 unspecified atom stereocenters. The van der Waals surface area contributed by atoms with Crippen LogP contribution in [0.25, 0.3) is 11.1 Å². The van der Waals surface area contributed by atoms with Crippen molar-refractivity contribution in [3.8, 4) is 11.1 Å². The van der Waals surface area contributed by atoms with Crippen LogP contribution in [0.2, 0.25) is 5.15 Å². The van der Waals surface area contributed by atoms with Crippen LogP contribution in [0.1, 0.15) is 18.4 Å². The fraction of sp³-hybridized carbons (Fsp3) is 0.250. The highest BCUT2D eigenvalue weighted by Crippen LogP contribution is 2.30. The molecule has 0 N–H and O–H groups in total. The number of carbonyl (C=O) groups is 1. The van der Waals surface area contributed by atoms with Crippen molar-refractivity contribution in [1.29, 1.82) is 0 Å². The van der Waals surface area contributed by atoms with Gasteiger partial charge in [0.25, 0.3) is 0 Å². The SMILES string of the molecule is Cc1cc(Cl)ncc1-c1ccc(N2CCCC2=O)c(F)c1. The highest BCUT2D eigenvalue weighted by Gasteiger charge is 2.24. The highest BCUT2D eigenvalue weighted by atomic mass is 35.5. The molecule has 0 radical (unpaired) electrons. The number of aryl methyl sites for hydroxylation is 1. The molecule has 0 spiro atoms. The van der Waals surface area contributed by atoms with Crippen LogP contribution < -0.4 is 4.90 Å². The minimum atomic E-state index is -0.392. The zero-order valence-corrected chi connectivity index (χ0v) is 12.3. The van der Waals surface area contributed by atoms with Crippen LogP contribution in [-0.4, -0.2) is 17.4 Å². The number of anilines is 1. The van der Waals surface area contributed by atoms with E-state index in [2.05, 4.69) is 4.98 Å². The number of amides is 1. The monoisotopic (exact) mass is 304 g/mol. The molecule has 1 aromatic carbocycles. The molecule has 3 rings (SSSR count). The molecule has 108 valence electrons. The van der Waals surface area contributed by atoms with Gasteiger partial charge in [-0.05, 0) is 42.7 Å². The Morgan fingerprint density at radius 1 is 1.33 bits per heavy atom. The number of nitrogens with zero attached hydrogens (tertiary/aromatic N) is 2. The van der Waals surface area contributed by atoms with E-state index in [1.54, 1.807) is 18.3 Å². The van der Waals surface area contributed by atoms with E-state index in [0.717, 1.165) is 23.1 Å². The number of pyridine rings is 1. The summed E-state index contributed by atoms with van der Waals surface area (Å²) in [5, 5.41) is 0.413. The van der Waals surface area contributed by atoms with Crippen LogP contribution in [0, 0.1) is 12.7 Å². The topological polar surface area (TPSA) is 33.2 Å². The molecule has 5 heteroatoms. The number of hydrogen-bond donors (Lipinski definition) is 0. The third kappa shape index (κ3) is 2.63. The maximum Gasteiger partial charge on any atom is 0.227 e. The van der Waals surface area contributed by atoms with Crippen molar-refractivity contribution in [2.75, 3.05) is 11.4 Å². The van der Waals surface area contributed by atoms with Gasteiger partial charge >= 0.3 is 0 Å². The van der Waals surface area contributed by atoms with Crippen LogP contribution in [0.5, 0.6) is 0 Å². The van der Waals surface area contributed by atoms with E-state index in [4.69, 9.17) is 11.6 Å². The van der Waals surface area contributed by atoms with Crippen molar-refractivity contribution in [3.05, 3.63) is 47.0 Å². The number of hydrogen-bond acceptors (Lipinski definition) is 2. The predicted molar refractivity (Wildman–Crippen MR) is 81.0 cm³/mol. The number of rotatable bonds is 2. The van der Waals surface area contributed by atoms with Gasteiger partial charge in [-0.3, -0.25) is 4.79 Å². The second-order valence-corrected chi connectivity index (χ2v) is 5.52. The minimum Gasteiger partial charge on any atom is -0.310 e. The van der Waals surface area contributed by atoms with E-state index < -0.39 is 5.82 Å². The molecule has 3 nitrogen and oxygen atoms in total. The van der Waals surface area contributed by atoms with Crippen molar-refractivity contribution < 1.29 is 9.18 Å². The van der Waals surface area contributed by atoms with Gasteiger partial charge in [0, 0.05) is 24.7 Å². The summed E-state index contributed by atoms with van der Waals surface area (Å²) in [6.07, 6.45) is 2.90. The van der Waals surface area contributed by atoms with Crippen molar-refractivity contribution in [1.82, 2.24) is 4.98 Å². The van der Waals surface area contributed by atoms with Gasteiger partial charge in [0.1, 0.15) is 11.0 Å². The Labute approximate surface area is 127 Å². The maximum absolute atomic E-state index is 14.3. The predicted octanol–water partition coefficient (Wildman–Crippen LogP) is 3.98. The largest absolute Gasteiger partial charge is 0.310 e. The van der Waals surface area contributed by atoms with Gasteiger partial charge in [-0.15, -0.1) is 0 Å². The molecule has 2 heterocycles. The molecular weight excluding hydrogens is 291 g/mol. The van der Waals surface area contributed by atoms with Crippen LogP contribution >= 0.6 is 11.6 Å². The zero-order chi connectivity index (χ0) is 15.0. The molecule has 1 saturated heterocycles. The first-order valence-corrected chi connectivity index (χ1v) is 7.16. The summed E-state index contributed by atoms with van der Waals surface area (Å²) in [6.45, 7) is 2.48. The summed E-state index contributed by atoms with van der Waals surface area (Å²) in [5.41, 5.74) is 2.84. The summed E-state index contributed by atoms with van der Waals surface area (Å²) in [4.78, 5) is 17.3. The van der Waals surface area contributed by atoms with Gasteiger partial charge in [-0.2, -0.15) is 0 Å². The van der Waals surface area contributed by atoms with Crippen molar-refractivity contribution >= 4 is 23.2 Å². The smallest absolute Gasteiger partial charge is 0.227 e. The lowest BCUT2D eigenvalue weighted by Crippen LogP contribution is -2.24. The van der Waals surface area contributed by atoms with Crippen molar-refractivity contribution in [2.45, 2.75) is 19.8 Å². The number of carbonyl (C=O) groups excluding carboxylic acids is 1. The lowest BCUT2D eigenvalue weighted by atomic mass is 10.0. The van der Waals surface area contributed by atoms with Crippen LogP contribution in [0.4, 0.5) is 10.1 Å². The number of aromatic nitrogens is 1. The number of halogens is 2. The fourth-order valence-corrected chi connectivity index (χ4v) is 2.83. The average Bonchev–Trinajstić information content (AvgIpc) is 2.85. The molecule has 1 amide bonds. The summed E-state index contributed by atoms with van der Waals surface area (Å²) in [7, 11) is 0. The standard InChI is InChI=1S/C16H14ClFN2O/c1-10-7-15(17)19-9-12(10)11-4-5-14(13(18)8-11)20-6-2-3-16(20)21/h4-5,7-9H,2-3,6H2,1H3.